The molecule has 0 radical (unpaired) electrons. The molecule has 0 aliphatic rings. The summed E-state index contributed by atoms with van der Waals surface area (Å²) in [7, 11) is 3.46. The highest BCUT2D eigenvalue weighted by molar-refractivity contribution is 5.69. The van der Waals surface area contributed by atoms with Crippen LogP contribution in [0, 0.1) is 5.92 Å². The van der Waals surface area contributed by atoms with Crippen LogP contribution in [0.5, 0.6) is 5.75 Å². The van der Waals surface area contributed by atoms with Crippen LogP contribution in [0.15, 0.2) is 24.3 Å². The molecule has 4 heteroatoms. The van der Waals surface area contributed by atoms with E-state index in [1.165, 1.54) is 0 Å². The van der Waals surface area contributed by atoms with Gasteiger partial charge in [0.15, 0.2) is 0 Å². The molecule has 0 fully saturated rings. The maximum atomic E-state index is 10.8. The number of carboxylic acids is 1. The minimum atomic E-state index is -0.765. The van der Waals surface area contributed by atoms with Crippen molar-refractivity contribution in [3.8, 4) is 5.75 Å². The third-order valence-electron chi connectivity index (χ3n) is 2.88. The maximum Gasteiger partial charge on any atom is 0.306 e. The Morgan fingerprint density at radius 2 is 2.00 bits per heavy atom. The van der Waals surface area contributed by atoms with Gasteiger partial charge >= 0.3 is 5.97 Å². The van der Waals surface area contributed by atoms with Crippen LogP contribution in [0.2, 0.25) is 0 Å². The van der Waals surface area contributed by atoms with Gasteiger partial charge in [-0.1, -0.05) is 19.1 Å². The molecule has 17 heavy (non-hydrogen) atoms. The highest BCUT2D eigenvalue weighted by atomic mass is 16.5. The van der Waals surface area contributed by atoms with Crippen molar-refractivity contribution in [2.45, 2.75) is 19.4 Å². The zero-order chi connectivity index (χ0) is 12.8. The number of carboxylic acid groups (broad SMARTS) is 1. The first-order valence-corrected chi connectivity index (χ1v) is 5.62. The predicted molar refractivity (Wildman–Crippen MR) is 66.2 cm³/mol. The predicted octanol–water partition coefficient (Wildman–Crippen LogP) is 2.07. The Balaban J connectivity index is 2.75. The average molecular weight is 237 g/mol. The molecule has 1 aromatic carbocycles. The first-order chi connectivity index (χ1) is 8.08. The van der Waals surface area contributed by atoms with Gasteiger partial charge in [-0.15, -0.1) is 0 Å². The van der Waals surface area contributed by atoms with Gasteiger partial charge in [0.2, 0.25) is 0 Å². The van der Waals surface area contributed by atoms with Crippen LogP contribution in [0.4, 0.5) is 0 Å². The molecule has 1 rings (SSSR count). The molecule has 0 spiro atoms. The first kappa shape index (κ1) is 13.5. The Morgan fingerprint density at radius 1 is 1.41 bits per heavy atom. The molecule has 0 aliphatic carbocycles. The van der Waals surface area contributed by atoms with Crippen LogP contribution < -0.4 is 10.1 Å². The van der Waals surface area contributed by atoms with Crippen molar-refractivity contribution >= 4 is 5.97 Å². The van der Waals surface area contributed by atoms with E-state index in [1.807, 2.05) is 31.3 Å². The van der Waals surface area contributed by atoms with Gasteiger partial charge in [-0.3, -0.25) is 4.79 Å². The van der Waals surface area contributed by atoms with E-state index in [0.717, 1.165) is 11.3 Å². The third-order valence-corrected chi connectivity index (χ3v) is 2.88. The summed E-state index contributed by atoms with van der Waals surface area (Å²) in [6.07, 6.45) is 0.568. The summed E-state index contributed by atoms with van der Waals surface area (Å²) < 4.78 is 5.09. The molecule has 1 aromatic rings. The van der Waals surface area contributed by atoms with Crippen molar-refractivity contribution in [1.29, 1.82) is 0 Å². The summed E-state index contributed by atoms with van der Waals surface area (Å²) in [4.78, 5) is 10.8. The van der Waals surface area contributed by atoms with Gasteiger partial charge in [-0.2, -0.15) is 0 Å². The summed E-state index contributed by atoms with van der Waals surface area (Å²) in [5.41, 5.74) is 1.07. The van der Waals surface area contributed by atoms with Crippen LogP contribution in [0.1, 0.15) is 24.9 Å². The lowest BCUT2D eigenvalue weighted by Gasteiger charge is -2.19. The van der Waals surface area contributed by atoms with Gasteiger partial charge in [-0.25, -0.2) is 0 Å². The number of methoxy groups -OCH3 is 1. The van der Waals surface area contributed by atoms with Gasteiger partial charge in [0.1, 0.15) is 5.75 Å². The average Bonchev–Trinajstić information content (AvgIpc) is 2.35. The van der Waals surface area contributed by atoms with Crippen molar-refractivity contribution in [3.63, 3.8) is 0 Å². The number of ether oxygens (including phenoxy) is 1. The Morgan fingerprint density at radius 3 is 2.41 bits per heavy atom. The summed E-state index contributed by atoms with van der Waals surface area (Å²) in [6.45, 7) is 1.72. The molecule has 0 saturated carbocycles. The van der Waals surface area contributed by atoms with E-state index in [1.54, 1.807) is 14.0 Å². The highest BCUT2D eigenvalue weighted by Crippen LogP contribution is 2.23. The van der Waals surface area contributed by atoms with Crippen LogP contribution in [-0.2, 0) is 4.79 Å². The molecule has 0 aromatic heterocycles. The molecule has 0 aliphatic heterocycles. The number of carbonyl (C=O) groups is 1. The molecule has 0 amide bonds. The lowest BCUT2D eigenvalue weighted by atomic mass is 9.96. The molecular formula is C13H19NO3. The number of hydrogen-bond donors (Lipinski definition) is 2. The van der Waals surface area contributed by atoms with Crippen LogP contribution in [0.3, 0.4) is 0 Å². The topological polar surface area (TPSA) is 58.6 Å². The van der Waals surface area contributed by atoms with Gasteiger partial charge in [0.05, 0.1) is 13.0 Å². The monoisotopic (exact) mass is 237 g/mol. The van der Waals surface area contributed by atoms with E-state index in [2.05, 4.69) is 5.32 Å². The van der Waals surface area contributed by atoms with Crippen LogP contribution >= 0.6 is 0 Å². The molecule has 0 bridgehead atoms. The van der Waals surface area contributed by atoms with E-state index >= 15 is 0 Å². The second-order valence-electron chi connectivity index (χ2n) is 4.09. The highest BCUT2D eigenvalue weighted by Gasteiger charge is 2.18. The third kappa shape index (κ3) is 3.75. The van der Waals surface area contributed by atoms with E-state index in [4.69, 9.17) is 9.84 Å². The standard InChI is InChI=1S/C13H19NO3/c1-9(13(15)16)8-12(14-2)10-4-6-11(17-3)7-5-10/h4-7,9,12,14H,8H2,1-3H3,(H,15,16). The number of rotatable bonds is 6. The number of benzene rings is 1. The fourth-order valence-corrected chi connectivity index (χ4v) is 1.71. The number of hydrogen-bond acceptors (Lipinski definition) is 3. The lowest BCUT2D eigenvalue weighted by Crippen LogP contribution is -2.22. The Hall–Kier alpha value is -1.55. The van der Waals surface area contributed by atoms with E-state index < -0.39 is 5.97 Å². The summed E-state index contributed by atoms with van der Waals surface area (Å²) in [6, 6.07) is 7.71. The summed E-state index contributed by atoms with van der Waals surface area (Å²) >= 11 is 0. The summed E-state index contributed by atoms with van der Waals surface area (Å²) in [5.74, 6) is -0.330. The van der Waals surface area contributed by atoms with Crippen molar-refractivity contribution in [3.05, 3.63) is 29.8 Å². The normalized spacial score (nSPS) is 14.1. The van der Waals surface area contributed by atoms with Gasteiger partial charge in [0, 0.05) is 6.04 Å². The van der Waals surface area contributed by atoms with Crippen LogP contribution in [0.25, 0.3) is 0 Å². The zero-order valence-corrected chi connectivity index (χ0v) is 10.4. The van der Waals surface area contributed by atoms with Gasteiger partial charge in [-0.05, 0) is 31.2 Å². The zero-order valence-electron chi connectivity index (χ0n) is 10.4. The van der Waals surface area contributed by atoms with E-state index in [0.29, 0.717) is 6.42 Å². The van der Waals surface area contributed by atoms with Crippen molar-refractivity contribution < 1.29 is 14.6 Å². The SMILES string of the molecule is CNC(CC(C)C(=O)O)c1ccc(OC)cc1. The van der Waals surface area contributed by atoms with Crippen LogP contribution in [-0.4, -0.2) is 25.2 Å². The Labute approximate surface area is 102 Å². The molecule has 2 atom stereocenters. The molecule has 2 unspecified atom stereocenters. The first-order valence-electron chi connectivity index (χ1n) is 5.62. The van der Waals surface area contributed by atoms with E-state index in [9.17, 15) is 4.79 Å². The van der Waals surface area contributed by atoms with Gasteiger partial charge in [0.25, 0.3) is 0 Å². The smallest absolute Gasteiger partial charge is 0.306 e. The van der Waals surface area contributed by atoms with Crippen molar-refractivity contribution in [1.82, 2.24) is 5.32 Å². The fraction of sp³-hybridized carbons (Fsp3) is 0.462. The fourth-order valence-electron chi connectivity index (χ4n) is 1.71. The quantitative estimate of drug-likeness (QED) is 0.795. The lowest BCUT2D eigenvalue weighted by molar-refractivity contribution is -0.141. The number of aliphatic carboxylic acids is 1. The number of nitrogens with one attached hydrogen (secondary N) is 1. The van der Waals surface area contributed by atoms with Crippen molar-refractivity contribution in [2.24, 2.45) is 5.92 Å². The van der Waals surface area contributed by atoms with Gasteiger partial charge < -0.3 is 15.2 Å². The second-order valence-corrected chi connectivity index (χ2v) is 4.09. The second kappa shape index (κ2) is 6.25. The molecule has 94 valence electrons. The van der Waals surface area contributed by atoms with Crippen molar-refractivity contribution in [2.75, 3.05) is 14.2 Å². The Bertz CT molecular complexity index is 361. The molecular weight excluding hydrogens is 218 g/mol. The van der Waals surface area contributed by atoms with E-state index in [-0.39, 0.29) is 12.0 Å². The minimum Gasteiger partial charge on any atom is -0.497 e. The summed E-state index contributed by atoms with van der Waals surface area (Å²) in [5, 5.41) is 12.0. The largest absolute Gasteiger partial charge is 0.497 e. The maximum absolute atomic E-state index is 10.8. The molecule has 4 nitrogen and oxygen atoms in total. The molecule has 0 saturated heterocycles. The molecule has 2 N–H and O–H groups in total. The minimum absolute atomic E-state index is 0.0482. The Kier molecular flexibility index (Phi) is 4.97. The molecule has 0 heterocycles.